The Morgan fingerprint density at radius 3 is 2.83 bits per heavy atom. The Morgan fingerprint density at radius 1 is 1.58 bits per heavy atom. The number of hydrogen-bond acceptors (Lipinski definition) is 3. The first-order chi connectivity index (χ1) is 5.68. The Hall–Kier alpha value is -0.610. The maximum Gasteiger partial charge on any atom is 0.305 e. The summed E-state index contributed by atoms with van der Waals surface area (Å²) in [6.07, 6.45) is 3.13. The minimum atomic E-state index is -0.808. The number of nitrogens with two attached hydrogens (primary N) is 1. The molecule has 1 aliphatic carbocycles. The minimum absolute atomic E-state index is 0.0890. The number of rotatable bonds is 4. The van der Waals surface area contributed by atoms with Crippen LogP contribution in [0.2, 0.25) is 0 Å². The fraction of sp³-hybridized carbons (Fsp3) is 0.875. The van der Waals surface area contributed by atoms with E-state index in [4.69, 9.17) is 15.6 Å². The molecule has 0 aromatic carbocycles. The highest BCUT2D eigenvalue weighted by atomic mass is 16.5. The number of carbonyl (C=O) groups is 1. The van der Waals surface area contributed by atoms with Crippen molar-refractivity contribution in [3.05, 3.63) is 0 Å². The monoisotopic (exact) mass is 173 g/mol. The topological polar surface area (TPSA) is 72.5 Å². The van der Waals surface area contributed by atoms with Gasteiger partial charge in [0.05, 0.1) is 19.1 Å². The lowest BCUT2D eigenvalue weighted by Crippen LogP contribution is -2.18. The van der Waals surface area contributed by atoms with Crippen molar-refractivity contribution >= 4 is 5.97 Å². The van der Waals surface area contributed by atoms with Gasteiger partial charge in [0.15, 0.2) is 0 Å². The van der Waals surface area contributed by atoms with E-state index >= 15 is 0 Å². The van der Waals surface area contributed by atoms with Crippen LogP contribution in [0.25, 0.3) is 0 Å². The summed E-state index contributed by atoms with van der Waals surface area (Å²) < 4.78 is 5.32. The first-order valence-corrected chi connectivity index (χ1v) is 4.27. The lowest BCUT2D eigenvalue weighted by Gasteiger charge is -2.09. The van der Waals surface area contributed by atoms with Crippen LogP contribution in [-0.4, -0.2) is 29.8 Å². The first kappa shape index (κ1) is 9.48. The van der Waals surface area contributed by atoms with Crippen molar-refractivity contribution in [2.45, 2.75) is 37.8 Å². The maximum atomic E-state index is 10.1. The van der Waals surface area contributed by atoms with Crippen LogP contribution in [0.15, 0.2) is 0 Å². The van der Waals surface area contributed by atoms with E-state index in [9.17, 15) is 4.79 Å². The highest BCUT2D eigenvalue weighted by Gasteiger charge is 2.21. The molecule has 3 N–H and O–H groups in total. The summed E-state index contributed by atoms with van der Waals surface area (Å²) in [6, 6.07) is 0.250. The van der Waals surface area contributed by atoms with Gasteiger partial charge in [-0.25, -0.2) is 0 Å². The van der Waals surface area contributed by atoms with E-state index in [-0.39, 0.29) is 18.6 Å². The maximum absolute atomic E-state index is 10.1. The molecular formula is C8H15NO3. The van der Waals surface area contributed by atoms with Gasteiger partial charge in [0.25, 0.3) is 0 Å². The Bertz CT molecular complexity index is 160. The van der Waals surface area contributed by atoms with Gasteiger partial charge in [-0.05, 0) is 19.3 Å². The molecule has 1 saturated carbocycles. The molecular weight excluding hydrogens is 158 g/mol. The molecule has 0 aliphatic heterocycles. The number of aliphatic carboxylic acids is 1. The van der Waals surface area contributed by atoms with Gasteiger partial charge < -0.3 is 15.6 Å². The van der Waals surface area contributed by atoms with Crippen LogP contribution < -0.4 is 5.73 Å². The van der Waals surface area contributed by atoms with E-state index in [0.717, 1.165) is 19.3 Å². The summed E-state index contributed by atoms with van der Waals surface area (Å²) >= 11 is 0. The van der Waals surface area contributed by atoms with E-state index < -0.39 is 5.97 Å². The largest absolute Gasteiger partial charge is 0.481 e. The molecule has 0 aromatic heterocycles. The summed E-state index contributed by atoms with van der Waals surface area (Å²) in [4.78, 5) is 10.1. The second kappa shape index (κ2) is 4.42. The Kier molecular flexibility index (Phi) is 3.49. The zero-order valence-electron chi connectivity index (χ0n) is 7.03. The van der Waals surface area contributed by atoms with Gasteiger partial charge in [-0.2, -0.15) is 0 Å². The third-order valence-corrected chi connectivity index (χ3v) is 2.09. The molecule has 0 bridgehead atoms. The number of hydrogen-bond donors (Lipinski definition) is 2. The first-order valence-electron chi connectivity index (χ1n) is 4.27. The van der Waals surface area contributed by atoms with Crippen molar-refractivity contribution < 1.29 is 14.6 Å². The van der Waals surface area contributed by atoms with Crippen LogP contribution in [0.1, 0.15) is 25.7 Å². The lowest BCUT2D eigenvalue weighted by molar-refractivity contribution is -0.138. The molecule has 1 fully saturated rings. The van der Waals surface area contributed by atoms with Gasteiger partial charge in [-0.1, -0.05) is 0 Å². The van der Waals surface area contributed by atoms with Crippen molar-refractivity contribution in [3.63, 3.8) is 0 Å². The average Bonchev–Trinajstić information content (AvgIpc) is 2.35. The predicted octanol–water partition coefficient (Wildman–Crippen LogP) is 0.357. The fourth-order valence-electron chi connectivity index (χ4n) is 1.44. The van der Waals surface area contributed by atoms with Crippen molar-refractivity contribution in [2.75, 3.05) is 6.61 Å². The highest BCUT2D eigenvalue weighted by molar-refractivity contribution is 5.66. The smallest absolute Gasteiger partial charge is 0.305 e. The highest BCUT2D eigenvalue weighted by Crippen LogP contribution is 2.20. The van der Waals surface area contributed by atoms with E-state index in [0.29, 0.717) is 6.61 Å². The van der Waals surface area contributed by atoms with Crippen molar-refractivity contribution in [2.24, 2.45) is 5.73 Å². The molecule has 0 spiro atoms. The summed E-state index contributed by atoms with van der Waals surface area (Å²) in [6.45, 7) is 0.312. The Balaban J connectivity index is 2.04. The zero-order valence-corrected chi connectivity index (χ0v) is 7.03. The van der Waals surface area contributed by atoms with Crippen molar-refractivity contribution in [3.8, 4) is 0 Å². The van der Waals surface area contributed by atoms with Gasteiger partial charge in [0.2, 0.25) is 0 Å². The van der Waals surface area contributed by atoms with E-state index in [1.807, 2.05) is 0 Å². The van der Waals surface area contributed by atoms with Gasteiger partial charge in [-0.3, -0.25) is 4.79 Å². The molecule has 0 heterocycles. The quantitative estimate of drug-likeness (QED) is 0.643. The van der Waals surface area contributed by atoms with E-state index in [1.165, 1.54) is 0 Å². The van der Waals surface area contributed by atoms with Crippen molar-refractivity contribution in [1.29, 1.82) is 0 Å². The minimum Gasteiger partial charge on any atom is -0.481 e. The molecule has 2 atom stereocenters. The standard InChI is InChI=1S/C8H15NO3/c9-6-1-2-7(5-6)12-4-3-8(10)11/h6-7H,1-5,9H2,(H,10,11)/t6-,7+/m0/s1. The average molecular weight is 173 g/mol. The molecule has 0 radical (unpaired) electrons. The molecule has 0 amide bonds. The van der Waals surface area contributed by atoms with Crippen LogP contribution in [0.5, 0.6) is 0 Å². The zero-order chi connectivity index (χ0) is 8.97. The second-order valence-corrected chi connectivity index (χ2v) is 3.21. The molecule has 4 nitrogen and oxygen atoms in total. The van der Waals surface area contributed by atoms with Crippen LogP contribution in [-0.2, 0) is 9.53 Å². The van der Waals surface area contributed by atoms with Gasteiger partial charge >= 0.3 is 5.97 Å². The molecule has 1 aliphatic rings. The van der Waals surface area contributed by atoms with Crippen LogP contribution in [0.3, 0.4) is 0 Å². The fourth-order valence-corrected chi connectivity index (χ4v) is 1.44. The van der Waals surface area contributed by atoms with E-state index in [2.05, 4.69) is 0 Å². The molecule has 0 unspecified atom stereocenters. The SMILES string of the molecule is N[C@H]1CC[C@@H](OCCC(=O)O)C1. The summed E-state index contributed by atoms with van der Waals surface area (Å²) in [5.74, 6) is -0.808. The predicted molar refractivity (Wildman–Crippen MR) is 43.8 cm³/mol. The lowest BCUT2D eigenvalue weighted by atomic mass is 10.3. The van der Waals surface area contributed by atoms with Crippen LogP contribution in [0.4, 0.5) is 0 Å². The van der Waals surface area contributed by atoms with Gasteiger partial charge in [0.1, 0.15) is 0 Å². The third kappa shape index (κ3) is 3.19. The van der Waals surface area contributed by atoms with Crippen molar-refractivity contribution in [1.82, 2.24) is 0 Å². The van der Waals surface area contributed by atoms with Gasteiger partial charge in [-0.15, -0.1) is 0 Å². The second-order valence-electron chi connectivity index (χ2n) is 3.21. The van der Waals surface area contributed by atoms with E-state index in [1.54, 1.807) is 0 Å². The summed E-state index contributed by atoms with van der Waals surface area (Å²) in [5, 5.41) is 8.33. The summed E-state index contributed by atoms with van der Waals surface area (Å²) in [5.41, 5.74) is 5.66. The molecule has 1 rings (SSSR count). The number of ether oxygens (including phenoxy) is 1. The Labute approximate surface area is 71.7 Å². The molecule has 4 heteroatoms. The third-order valence-electron chi connectivity index (χ3n) is 2.09. The molecule has 0 saturated heterocycles. The summed E-state index contributed by atoms with van der Waals surface area (Å²) in [7, 11) is 0. The molecule has 12 heavy (non-hydrogen) atoms. The normalized spacial score (nSPS) is 29.1. The van der Waals surface area contributed by atoms with Crippen LogP contribution in [0, 0.1) is 0 Å². The van der Waals surface area contributed by atoms with Crippen LogP contribution >= 0.6 is 0 Å². The molecule has 0 aromatic rings. The Morgan fingerprint density at radius 2 is 2.33 bits per heavy atom. The number of carboxylic acid groups (broad SMARTS) is 1. The molecule has 70 valence electrons. The number of carboxylic acids is 1. The van der Waals surface area contributed by atoms with Gasteiger partial charge in [0, 0.05) is 6.04 Å².